The molecule has 1 unspecified atom stereocenters. The van der Waals surface area contributed by atoms with Gasteiger partial charge in [0.1, 0.15) is 0 Å². The largest absolute Gasteiger partial charge is 0.308 e. The van der Waals surface area contributed by atoms with Crippen molar-refractivity contribution < 1.29 is 13.0 Å². The Kier molecular flexibility index (Phi) is 2.59. The lowest BCUT2D eigenvalue weighted by atomic mass is 10.3. The topological polar surface area (TPSA) is 80.4 Å². The smallest absolute Gasteiger partial charge is 0.287 e. The summed E-state index contributed by atoms with van der Waals surface area (Å²) in [5.74, 6) is 0. The van der Waals surface area contributed by atoms with E-state index in [1.807, 2.05) is 0 Å². The minimum absolute atomic E-state index is 1.21. The summed E-state index contributed by atoms with van der Waals surface area (Å²) < 4.78 is 29.3. The van der Waals surface area contributed by atoms with Gasteiger partial charge in [0.25, 0.3) is 10.1 Å². The first-order valence-electron chi connectivity index (χ1n) is 2.71. The molecule has 0 fully saturated rings. The maximum atomic E-state index is 10.4. The molecule has 0 aromatic rings. The van der Waals surface area contributed by atoms with Crippen molar-refractivity contribution in [3.8, 4) is 0 Å². The maximum Gasteiger partial charge on any atom is 0.287 e. The van der Waals surface area contributed by atoms with E-state index in [4.69, 9.17) is 10.3 Å². The molecule has 0 aromatic carbocycles. The second-order valence-electron chi connectivity index (χ2n) is 2.16. The van der Waals surface area contributed by atoms with Gasteiger partial charge in [-0.2, -0.15) is 8.42 Å². The Balaban J connectivity index is 4.76. The first kappa shape index (κ1) is 9.61. The van der Waals surface area contributed by atoms with Gasteiger partial charge in [-0.15, -0.1) is 0 Å². The SMILES string of the molecule is CC=CC(C)(N)S(=O)(=O)O. The molecule has 0 aliphatic rings. The predicted octanol–water partition coefficient (Wildman–Crippen LogP) is 0.125. The summed E-state index contributed by atoms with van der Waals surface area (Å²) in [6.07, 6.45) is 2.68. The molecule has 0 radical (unpaired) electrons. The lowest BCUT2D eigenvalue weighted by molar-refractivity contribution is 0.455. The van der Waals surface area contributed by atoms with Gasteiger partial charge in [-0.3, -0.25) is 4.55 Å². The van der Waals surface area contributed by atoms with Gasteiger partial charge in [0, 0.05) is 0 Å². The third kappa shape index (κ3) is 2.09. The average Bonchev–Trinajstić information content (AvgIpc) is 1.61. The van der Waals surface area contributed by atoms with Crippen LogP contribution in [0.5, 0.6) is 0 Å². The van der Waals surface area contributed by atoms with Gasteiger partial charge < -0.3 is 5.73 Å². The lowest BCUT2D eigenvalue weighted by Gasteiger charge is -2.14. The summed E-state index contributed by atoms with van der Waals surface area (Å²) in [7, 11) is -4.17. The molecule has 0 saturated carbocycles. The van der Waals surface area contributed by atoms with Crippen LogP contribution in [0.15, 0.2) is 12.2 Å². The number of nitrogens with two attached hydrogens (primary N) is 1. The van der Waals surface area contributed by atoms with Crippen LogP contribution in [0, 0.1) is 0 Å². The molecule has 0 aliphatic carbocycles. The molecule has 10 heavy (non-hydrogen) atoms. The Morgan fingerprint density at radius 3 is 2.10 bits per heavy atom. The minimum atomic E-state index is -4.17. The van der Waals surface area contributed by atoms with Crippen molar-refractivity contribution in [3.63, 3.8) is 0 Å². The summed E-state index contributed by atoms with van der Waals surface area (Å²) in [6, 6.07) is 0. The molecular weight excluding hydrogens is 154 g/mol. The van der Waals surface area contributed by atoms with E-state index in [0.717, 1.165) is 0 Å². The Morgan fingerprint density at radius 2 is 2.00 bits per heavy atom. The van der Waals surface area contributed by atoms with Crippen LogP contribution in [0.3, 0.4) is 0 Å². The van der Waals surface area contributed by atoms with E-state index in [2.05, 4.69) is 0 Å². The van der Waals surface area contributed by atoms with Crippen LogP contribution in [0.25, 0.3) is 0 Å². The Hall–Kier alpha value is -0.390. The third-order valence-corrected chi connectivity index (χ3v) is 2.30. The summed E-state index contributed by atoms with van der Waals surface area (Å²) in [5, 5.41) is 0. The first-order valence-corrected chi connectivity index (χ1v) is 4.15. The maximum absolute atomic E-state index is 10.4. The van der Waals surface area contributed by atoms with Crippen LogP contribution in [-0.2, 0) is 10.1 Å². The molecule has 3 N–H and O–H groups in total. The predicted molar refractivity (Wildman–Crippen MR) is 39.0 cm³/mol. The van der Waals surface area contributed by atoms with E-state index in [1.54, 1.807) is 6.92 Å². The zero-order valence-corrected chi connectivity index (χ0v) is 6.72. The molecule has 0 spiro atoms. The molecule has 1 atom stereocenters. The average molecular weight is 165 g/mol. The van der Waals surface area contributed by atoms with Crippen molar-refractivity contribution in [2.24, 2.45) is 5.73 Å². The molecule has 0 heterocycles. The van der Waals surface area contributed by atoms with E-state index < -0.39 is 15.0 Å². The summed E-state index contributed by atoms with van der Waals surface area (Å²) in [6.45, 7) is 2.83. The minimum Gasteiger partial charge on any atom is -0.308 e. The van der Waals surface area contributed by atoms with Gasteiger partial charge in [-0.1, -0.05) is 12.2 Å². The molecule has 0 bridgehead atoms. The van der Waals surface area contributed by atoms with Crippen molar-refractivity contribution in [2.45, 2.75) is 18.7 Å². The normalized spacial score (nSPS) is 19.2. The van der Waals surface area contributed by atoms with Crippen LogP contribution < -0.4 is 5.73 Å². The summed E-state index contributed by atoms with van der Waals surface area (Å²) in [5.41, 5.74) is 5.18. The molecule has 60 valence electrons. The van der Waals surface area contributed by atoms with Crippen molar-refractivity contribution in [3.05, 3.63) is 12.2 Å². The van der Waals surface area contributed by atoms with Gasteiger partial charge in [0.2, 0.25) is 0 Å². The number of hydrogen-bond donors (Lipinski definition) is 2. The summed E-state index contributed by atoms with van der Waals surface area (Å²) in [4.78, 5) is -1.66. The number of hydrogen-bond acceptors (Lipinski definition) is 3. The van der Waals surface area contributed by atoms with Gasteiger partial charge in [0.15, 0.2) is 4.87 Å². The highest BCUT2D eigenvalue weighted by molar-refractivity contribution is 7.87. The number of allylic oxidation sites excluding steroid dienone is 1. The molecule has 0 aliphatic heterocycles. The molecule has 0 saturated heterocycles. The van der Waals surface area contributed by atoms with Gasteiger partial charge in [-0.25, -0.2) is 0 Å². The Bertz CT molecular complexity index is 227. The van der Waals surface area contributed by atoms with Gasteiger partial charge in [0.05, 0.1) is 0 Å². The Morgan fingerprint density at radius 1 is 1.60 bits per heavy atom. The third-order valence-electron chi connectivity index (χ3n) is 1.05. The van der Waals surface area contributed by atoms with E-state index >= 15 is 0 Å². The van der Waals surface area contributed by atoms with Crippen LogP contribution in [-0.4, -0.2) is 17.8 Å². The van der Waals surface area contributed by atoms with Crippen LogP contribution >= 0.6 is 0 Å². The second kappa shape index (κ2) is 2.69. The fourth-order valence-electron chi connectivity index (χ4n) is 0.417. The lowest BCUT2D eigenvalue weighted by Crippen LogP contribution is -2.42. The zero-order valence-electron chi connectivity index (χ0n) is 5.90. The van der Waals surface area contributed by atoms with E-state index in [-0.39, 0.29) is 0 Å². The van der Waals surface area contributed by atoms with Gasteiger partial charge in [-0.05, 0) is 13.8 Å². The fourth-order valence-corrected chi connectivity index (χ4v) is 0.725. The fraction of sp³-hybridized carbons (Fsp3) is 0.600. The molecule has 0 amide bonds. The standard InChI is InChI=1S/C5H11NO3S/c1-3-4-5(2,6)10(7,8)9/h3-4H,6H2,1-2H3,(H,7,8,9). The van der Waals surface area contributed by atoms with E-state index in [9.17, 15) is 8.42 Å². The van der Waals surface area contributed by atoms with Crippen LogP contribution in [0.4, 0.5) is 0 Å². The van der Waals surface area contributed by atoms with Crippen LogP contribution in [0.1, 0.15) is 13.8 Å². The highest BCUT2D eigenvalue weighted by Gasteiger charge is 2.29. The molecule has 5 heteroatoms. The second-order valence-corrected chi connectivity index (χ2v) is 3.99. The molecular formula is C5H11NO3S. The summed E-state index contributed by atoms with van der Waals surface area (Å²) >= 11 is 0. The Labute approximate surface area is 60.5 Å². The molecule has 4 nitrogen and oxygen atoms in total. The molecule has 0 aromatic heterocycles. The highest BCUT2D eigenvalue weighted by Crippen LogP contribution is 2.08. The van der Waals surface area contributed by atoms with Crippen molar-refractivity contribution in [2.75, 3.05) is 0 Å². The van der Waals surface area contributed by atoms with Crippen LogP contribution in [0.2, 0.25) is 0 Å². The van der Waals surface area contributed by atoms with E-state index in [1.165, 1.54) is 19.1 Å². The van der Waals surface area contributed by atoms with Crippen molar-refractivity contribution >= 4 is 10.1 Å². The zero-order chi connectivity index (χ0) is 8.41. The monoisotopic (exact) mass is 165 g/mol. The van der Waals surface area contributed by atoms with E-state index in [0.29, 0.717) is 0 Å². The quantitative estimate of drug-likeness (QED) is 0.450. The van der Waals surface area contributed by atoms with Gasteiger partial charge >= 0.3 is 0 Å². The van der Waals surface area contributed by atoms with Crippen molar-refractivity contribution in [1.82, 2.24) is 0 Å². The molecule has 0 rings (SSSR count). The van der Waals surface area contributed by atoms with Crippen molar-refractivity contribution in [1.29, 1.82) is 0 Å². The first-order chi connectivity index (χ1) is 4.31. The highest BCUT2D eigenvalue weighted by atomic mass is 32.2. The number of rotatable bonds is 2.